The van der Waals surface area contributed by atoms with Gasteiger partial charge in [-0.15, -0.1) is 5.10 Å². The van der Waals surface area contributed by atoms with E-state index in [1.165, 1.54) is 0 Å². The second-order valence-electron chi connectivity index (χ2n) is 7.04. The first-order chi connectivity index (χ1) is 18.6. The summed E-state index contributed by atoms with van der Waals surface area (Å²) in [7, 11) is 0. The van der Waals surface area contributed by atoms with Crippen LogP contribution in [0.2, 0.25) is 10.0 Å². The van der Waals surface area contributed by atoms with Gasteiger partial charge >= 0.3 is 12.4 Å². The van der Waals surface area contributed by atoms with E-state index >= 15 is 0 Å². The molecule has 0 aromatic heterocycles. The number of rotatable bonds is 7. The van der Waals surface area contributed by atoms with Crippen LogP contribution >= 0.6 is 46.8 Å². The molecule has 0 aliphatic heterocycles. The average Bonchev–Trinajstić information content (AvgIpc) is 2.87. The second-order valence-corrected chi connectivity index (χ2v) is 8.51. The Labute approximate surface area is 243 Å². The topological polar surface area (TPSA) is 126 Å². The fourth-order valence-corrected chi connectivity index (χ4v) is 3.54. The molecule has 1 N–H and O–H groups in total. The number of hydrogen-bond donors (Lipinski definition) is 1. The second kappa shape index (κ2) is 15.2. The maximum atomic E-state index is 12.5. The van der Waals surface area contributed by atoms with E-state index in [0.717, 1.165) is 34.9 Å². The van der Waals surface area contributed by atoms with Gasteiger partial charge in [0.15, 0.2) is 5.71 Å². The number of benzene rings is 2. The van der Waals surface area contributed by atoms with Crippen molar-refractivity contribution in [3.05, 3.63) is 57.6 Å². The number of halogens is 10. The number of nitriles is 4. The summed E-state index contributed by atoms with van der Waals surface area (Å²) in [6.07, 6.45) is -9.46. The minimum Gasteiger partial charge on any atom is -0.215 e. The summed E-state index contributed by atoms with van der Waals surface area (Å²) in [6.45, 7) is 0. The molecule has 0 aliphatic carbocycles. The SMILES string of the molecule is N#CCC(C#N)=NN(Cl)c1ccc(C(F)(F)F)cc1Cl.N#CCC(C#N)NN(Cl)c1ccc(C(F)(F)F)cc1Cl. The molecule has 2 aromatic rings. The number of hydrazone groups is 1. The molecule has 0 spiro atoms. The van der Waals surface area contributed by atoms with Crippen LogP contribution in [0.15, 0.2) is 41.5 Å². The number of anilines is 2. The highest BCUT2D eigenvalue weighted by Crippen LogP contribution is 2.36. The Morgan fingerprint density at radius 1 is 0.850 bits per heavy atom. The van der Waals surface area contributed by atoms with Crippen LogP contribution in [0.1, 0.15) is 24.0 Å². The third-order valence-corrected chi connectivity index (χ3v) is 5.41. The largest absolute Gasteiger partial charge is 0.416 e. The summed E-state index contributed by atoms with van der Waals surface area (Å²) in [5.41, 5.74) is 0.398. The molecule has 2 aromatic carbocycles. The number of hydrazine groups is 1. The van der Waals surface area contributed by atoms with Crippen LogP contribution in [0.5, 0.6) is 0 Å². The van der Waals surface area contributed by atoms with Crippen LogP contribution in [-0.4, -0.2) is 11.8 Å². The lowest BCUT2D eigenvalue weighted by atomic mass is 10.2. The van der Waals surface area contributed by atoms with Gasteiger partial charge in [0, 0.05) is 23.6 Å². The number of alkyl halides is 6. The molecule has 210 valence electrons. The Kier molecular flexibility index (Phi) is 13.1. The highest BCUT2D eigenvalue weighted by Gasteiger charge is 2.32. The Hall–Kier alpha value is -3.63. The van der Waals surface area contributed by atoms with Crippen molar-refractivity contribution in [3.63, 3.8) is 0 Å². The molecule has 0 amide bonds. The van der Waals surface area contributed by atoms with Crippen molar-refractivity contribution in [2.24, 2.45) is 5.10 Å². The third kappa shape index (κ3) is 10.5. The van der Waals surface area contributed by atoms with Crippen molar-refractivity contribution in [2.75, 3.05) is 9.06 Å². The molecule has 0 radical (unpaired) electrons. The molecule has 0 bridgehead atoms. The molecule has 0 saturated carbocycles. The fraction of sp³-hybridized carbons (Fsp3) is 0.227. The number of nitrogens with one attached hydrogen (secondary N) is 1. The van der Waals surface area contributed by atoms with E-state index in [1.807, 2.05) is 0 Å². The van der Waals surface area contributed by atoms with Crippen LogP contribution in [0.25, 0.3) is 0 Å². The molecule has 0 fully saturated rings. The van der Waals surface area contributed by atoms with Crippen LogP contribution in [0, 0.1) is 45.3 Å². The predicted octanol–water partition coefficient (Wildman–Crippen LogP) is 7.74. The van der Waals surface area contributed by atoms with E-state index in [-0.39, 0.29) is 40.0 Å². The molecule has 40 heavy (non-hydrogen) atoms. The molecule has 0 aliphatic rings. The first-order valence-corrected chi connectivity index (χ1v) is 11.5. The van der Waals surface area contributed by atoms with Crippen LogP contribution in [0.4, 0.5) is 37.7 Å². The van der Waals surface area contributed by atoms with Crippen molar-refractivity contribution >= 4 is 63.8 Å². The lowest BCUT2D eigenvalue weighted by Gasteiger charge is -2.21. The van der Waals surface area contributed by atoms with Gasteiger partial charge in [0.25, 0.3) is 0 Å². The van der Waals surface area contributed by atoms with Gasteiger partial charge in [-0.3, -0.25) is 0 Å². The van der Waals surface area contributed by atoms with Gasteiger partial charge in [-0.25, -0.2) is 9.95 Å². The highest BCUT2D eigenvalue weighted by atomic mass is 35.5. The predicted molar refractivity (Wildman–Crippen MR) is 136 cm³/mol. The van der Waals surface area contributed by atoms with Crippen LogP contribution in [-0.2, 0) is 12.4 Å². The molecule has 8 nitrogen and oxygen atoms in total. The summed E-state index contributed by atoms with van der Waals surface area (Å²) in [5.74, 6) is 0. The minimum atomic E-state index is -4.53. The summed E-state index contributed by atoms with van der Waals surface area (Å²) < 4.78 is 76.2. The quantitative estimate of drug-likeness (QED) is 0.141. The van der Waals surface area contributed by atoms with E-state index in [9.17, 15) is 26.3 Å². The van der Waals surface area contributed by atoms with Crippen molar-refractivity contribution in [2.45, 2.75) is 31.2 Å². The summed E-state index contributed by atoms with van der Waals surface area (Å²) in [4.78, 5) is 0. The smallest absolute Gasteiger partial charge is 0.215 e. The van der Waals surface area contributed by atoms with Gasteiger partial charge < -0.3 is 0 Å². The first kappa shape index (κ1) is 34.4. The van der Waals surface area contributed by atoms with Gasteiger partial charge in [-0.05, 0) is 36.4 Å². The molecule has 1 unspecified atom stereocenters. The molecular weight excluding hydrogens is 632 g/mol. The Morgan fingerprint density at radius 3 is 1.73 bits per heavy atom. The monoisotopic (exact) mass is 642 g/mol. The third-order valence-electron chi connectivity index (χ3n) is 4.26. The summed E-state index contributed by atoms with van der Waals surface area (Å²) >= 11 is 22.9. The standard InChI is InChI=1S/C11H7Cl2F3N4.C11H5Cl2F3N4/c2*12-9-5-7(11(14,15)16)1-2-10(9)20(13)19-8(6-18)3-4-17/h1-2,5,8,19H,3H2;1-2,5H,3H2. The van der Waals surface area contributed by atoms with Gasteiger partial charge in [-0.1, -0.05) is 23.2 Å². The zero-order valence-corrected chi connectivity index (χ0v) is 22.4. The number of nitrogens with zero attached hydrogens (tertiary/aromatic N) is 7. The molecule has 2 rings (SSSR count). The average molecular weight is 644 g/mol. The Balaban J connectivity index is 0.000000400. The Morgan fingerprint density at radius 2 is 1.35 bits per heavy atom. The van der Waals surface area contributed by atoms with Gasteiger partial charge in [0.05, 0.1) is 63.6 Å². The van der Waals surface area contributed by atoms with Crippen molar-refractivity contribution in [1.29, 1.82) is 21.0 Å². The van der Waals surface area contributed by atoms with Crippen molar-refractivity contribution < 1.29 is 26.3 Å². The lowest BCUT2D eigenvalue weighted by Crippen LogP contribution is -2.38. The molecular formula is C22H12Cl4F6N8. The van der Waals surface area contributed by atoms with E-state index in [0.29, 0.717) is 10.6 Å². The van der Waals surface area contributed by atoms with E-state index < -0.39 is 29.5 Å². The first-order valence-electron chi connectivity index (χ1n) is 10.1. The van der Waals surface area contributed by atoms with Gasteiger partial charge in [0.1, 0.15) is 12.1 Å². The molecule has 18 heteroatoms. The van der Waals surface area contributed by atoms with Crippen molar-refractivity contribution in [1.82, 2.24) is 5.43 Å². The van der Waals surface area contributed by atoms with E-state index in [2.05, 4.69) is 10.5 Å². The van der Waals surface area contributed by atoms with E-state index in [4.69, 9.17) is 67.8 Å². The van der Waals surface area contributed by atoms with Crippen molar-refractivity contribution in [3.8, 4) is 24.3 Å². The normalized spacial score (nSPS) is 12.0. The fourth-order valence-electron chi connectivity index (χ4n) is 2.43. The maximum Gasteiger partial charge on any atom is 0.416 e. The molecule has 0 heterocycles. The van der Waals surface area contributed by atoms with Gasteiger partial charge in [0.2, 0.25) is 0 Å². The van der Waals surface area contributed by atoms with E-state index in [1.54, 1.807) is 24.3 Å². The zero-order chi connectivity index (χ0) is 30.7. The lowest BCUT2D eigenvalue weighted by molar-refractivity contribution is -0.138. The highest BCUT2D eigenvalue weighted by molar-refractivity contribution is 6.36. The molecule has 0 saturated heterocycles. The number of hydrogen-bond acceptors (Lipinski definition) is 8. The summed E-state index contributed by atoms with van der Waals surface area (Å²) in [6, 6.07) is 11.1. The van der Waals surface area contributed by atoms with Gasteiger partial charge in [-0.2, -0.15) is 51.9 Å². The Bertz CT molecular complexity index is 1390. The maximum absolute atomic E-state index is 12.5. The summed E-state index contributed by atoms with van der Waals surface area (Å²) in [5, 5.41) is 37.4. The van der Waals surface area contributed by atoms with Crippen LogP contribution in [0.3, 0.4) is 0 Å². The van der Waals surface area contributed by atoms with Crippen LogP contribution < -0.4 is 14.5 Å². The molecule has 1 atom stereocenters. The minimum absolute atomic E-state index is 0.0352. The zero-order valence-electron chi connectivity index (χ0n) is 19.4.